The first-order valence-corrected chi connectivity index (χ1v) is 10.7. The van der Waals surface area contributed by atoms with E-state index in [9.17, 15) is 4.79 Å². The van der Waals surface area contributed by atoms with E-state index in [-0.39, 0.29) is 5.91 Å². The number of ether oxygens (including phenoxy) is 1. The van der Waals surface area contributed by atoms with Crippen molar-refractivity contribution in [1.82, 2.24) is 19.8 Å². The smallest absolute Gasteiger partial charge is 0.222 e. The van der Waals surface area contributed by atoms with Crippen LogP contribution in [0.4, 0.5) is 0 Å². The van der Waals surface area contributed by atoms with Crippen LogP contribution in [0.25, 0.3) is 0 Å². The number of pyridine rings is 1. The highest BCUT2D eigenvalue weighted by Crippen LogP contribution is 2.44. The number of hydrogen-bond acceptors (Lipinski definition) is 4. The second-order valence-electron chi connectivity index (χ2n) is 8.66. The number of nitrogens with one attached hydrogen (secondary N) is 1. The monoisotopic (exact) mass is 396 g/mol. The zero-order valence-corrected chi connectivity index (χ0v) is 17.3. The zero-order chi connectivity index (χ0) is 20.1. The van der Waals surface area contributed by atoms with Crippen molar-refractivity contribution in [2.75, 3.05) is 33.4 Å². The van der Waals surface area contributed by atoms with E-state index >= 15 is 0 Å². The van der Waals surface area contributed by atoms with Crippen LogP contribution in [0, 0.1) is 5.41 Å². The number of piperidine rings is 1. The van der Waals surface area contributed by atoms with Gasteiger partial charge in [0, 0.05) is 70.0 Å². The van der Waals surface area contributed by atoms with Gasteiger partial charge in [-0.3, -0.25) is 14.7 Å². The number of carbonyl (C=O) groups excluding carboxylic acids is 1. The Morgan fingerprint density at radius 2 is 2.17 bits per heavy atom. The molecule has 0 aromatic carbocycles. The van der Waals surface area contributed by atoms with Crippen LogP contribution in [0.3, 0.4) is 0 Å². The highest BCUT2D eigenvalue weighted by Gasteiger charge is 2.45. The van der Waals surface area contributed by atoms with Gasteiger partial charge < -0.3 is 14.6 Å². The molecule has 0 radical (unpaired) electrons. The fraction of sp³-hybridized carbons (Fsp3) is 0.565. The summed E-state index contributed by atoms with van der Waals surface area (Å²) in [5, 5.41) is 0. The fourth-order valence-electron chi connectivity index (χ4n) is 5.04. The lowest BCUT2D eigenvalue weighted by atomic mass is 9.76. The summed E-state index contributed by atoms with van der Waals surface area (Å²) in [6, 6.07) is 8.62. The number of amides is 1. The van der Waals surface area contributed by atoms with E-state index in [0.29, 0.717) is 17.9 Å². The lowest BCUT2D eigenvalue weighted by Crippen LogP contribution is -2.44. The van der Waals surface area contributed by atoms with E-state index in [0.717, 1.165) is 64.2 Å². The standard InChI is InChI=1S/C23H32N4O2/c1-29-17-21-14-23(18-27(21)16-19-4-2-10-24-15-19)8-12-26(13-9-23)22(28)7-6-20-5-3-11-25-20/h2-5,10-11,15,21,25H,6-9,12-14,16-18H2,1H3. The van der Waals surface area contributed by atoms with Gasteiger partial charge in [-0.25, -0.2) is 0 Å². The summed E-state index contributed by atoms with van der Waals surface area (Å²) >= 11 is 0. The van der Waals surface area contributed by atoms with E-state index in [1.807, 2.05) is 36.8 Å². The van der Waals surface area contributed by atoms with Crippen LogP contribution in [0.15, 0.2) is 42.9 Å². The van der Waals surface area contributed by atoms with Gasteiger partial charge in [0.25, 0.3) is 0 Å². The summed E-state index contributed by atoms with van der Waals surface area (Å²) < 4.78 is 5.53. The molecule has 4 rings (SSSR count). The van der Waals surface area contributed by atoms with Crippen molar-refractivity contribution in [1.29, 1.82) is 0 Å². The second kappa shape index (κ2) is 9.09. The quantitative estimate of drug-likeness (QED) is 0.782. The summed E-state index contributed by atoms with van der Waals surface area (Å²) in [6.07, 6.45) is 10.4. The average molecular weight is 397 g/mol. The zero-order valence-electron chi connectivity index (χ0n) is 17.3. The van der Waals surface area contributed by atoms with Gasteiger partial charge in [-0.05, 0) is 54.9 Å². The summed E-state index contributed by atoms with van der Waals surface area (Å²) in [7, 11) is 1.79. The lowest BCUT2D eigenvalue weighted by molar-refractivity contribution is -0.133. The number of aryl methyl sites for hydroxylation is 1. The molecule has 0 bridgehead atoms. The van der Waals surface area contributed by atoms with Gasteiger partial charge in [0.1, 0.15) is 0 Å². The van der Waals surface area contributed by atoms with Gasteiger partial charge in [0.05, 0.1) is 6.61 Å². The molecule has 2 aliphatic heterocycles. The Morgan fingerprint density at radius 3 is 2.86 bits per heavy atom. The maximum Gasteiger partial charge on any atom is 0.222 e. The molecule has 2 saturated heterocycles. The molecule has 2 aliphatic rings. The van der Waals surface area contributed by atoms with Crippen molar-refractivity contribution in [3.8, 4) is 0 Å². The molecule has 1 spiro atoms. The van der Waals surface area contributed by atoms with Gasteiger partial charge in [0.2, 0.25) is 5.91 Å². The molecule has 2 fully saturated rings. The van der Waals surface area contributed by atoms with Crippen LogP contribution in [-0.2, 0) is 22.5 Å². The van der Waals surface area contributed by atoms with E-state index in [4.69, 9.17) is 4.74 Å². The molecule has 1 amide bonds. The lowest BCUT2D eigenvalue weighted by Gasteiger charge is -2.39. The maximum atomic E-state index is 12.6. The van der Waals surface area contributed by atoms with Gasteiger partial charge in [0.15, 0.2) is 0 Å². The first-order valence-electron chi connectivity index (χ1n) is 10.7. The third-order valence-electron chi connectivity index (χ3n) is 6.64. The van der Waals surface area contributed by atoms with Crippen LogP contribution < -0.4 is 0 Å². The van der Waals surface area contributed by atoms with Crippen molar-refractivity contribution in [2.24, 2.45) is 5.41 Å². The normalized spacial score (nSPS) is 21.7. The number of aromatic nitrogens is 2. The Bertz CT molecular complexity index is 769. The Balaban J connectivity index is 1.32. The predicted molar refractivity (Wildman–Crippen MR) is 112 cm³/mol. The molecule has 4 heterocycles. The maximum absolute atomic E-state index is 12.6. The number of nitrogens with zero attached hydrogens (tertiary/aromatic N) is 3. The summed E-state index contributed by atoms with van der Waals surface area (Å²) in [5.41, 5.74) is 2.69. The van der Waals surface area contributed by atoms with E-state index in [1.54, 1.807) is 7.11 Å². The average Bonchev–Trinajstić information content (AvgIpc) is 3.37. The second-order valence-corrected chi connectivity index (χ2v) is 8.66. The molecule has 1 atom stereocenters. The minimum Gasteiger partial charge on any atom is -0.383 e. The number of methoxy groups -OCH3 is 1. The summed E-state index contributed by atoms with van der Waals surface area (Å²) in [6.45, 7) is 4.53. The van der Waals surface area contributed by atoms with Crippen LogP contribution in [0.1, 0.15) is 36.9 Å². The molecule has 6 heteroatoms. The van der Waals surface area contributed by atoms with E-state index in [2.05, 4.69) is 25.8 Å². The van der Waals surface area contributed by atoms with Gasteiger partial charge in [-0.1, -0.05) is 6.07 Å². The first-order chi connectivity index (χ1) is 14.2. The number of aromatic amines is 1. The Hall–Kier alpha value is -2.18. The van der Waals surface area contributed by atoms with Crippen molar-refractivity contribution in [2.45, 2.75) is 44.7 Å². The van der Waals surface area contributed by atoms with Gasteiger partial charge in [-0.15, -0.1) is 0 Å². The Kier molecular flexibility index (Phi) is 6.31. The third kappa shape index (κ3) is 4.87. The molecule has 29 heavy (non-hydrogen) atoms. The molecule has 0 saturated carbocycles. The highest BCUT2D eigenvalue weighted by molar-refractivity contribution is 5.76. The predicted octanol–water partition coefficient (Wildman–Crippen LogP) is 2.87. The Labute approximate surface area is 173 Å². The third-order valence-corrected chi connectivity index (χ3v) is 6.64. The van der Waals surface area contributed by atoms with Gasteiger partial charge in [-0.2, -0.15) is 0 Å². The molecule has 1 N–H and O–H groups in total. The van der Waals surface area contributed by atoms with Crippen molar-refractivity contribution >= 4 is 5.91 Å². The number of hydrogen-bond donors (Lipinski definition) is 1. The number of carbonyl (C=O) groups is 1. The SMILES string of the molecule is COCC1CC2(CCN(C(=O)CCc3ccc[nH]3)CC2)CN1Cc1cccnc1. The molecule has 1 unspecified atom stereocenters. The number of H-pyrrole nitrogens is 1. The van der Waals surface area contributed by atoms with E-state index < -0.39 is 0 Å². The van der Waals surface area contributed by atoms with Crippen LogP contribution in [0.5, 0.6) is 0 Å². The molecule has 0 aliphatic carbocycles. The molecule has 156 valence electrons. The largest absolute Gasteiger partial charge is 0.383 e. The first kappa shape index (κ1) is 20.1. The highest BCUT2D eigenvalue weighted by atomic mass is 16.5. The number of likely N-dealkylation sites (tertiary alicyclic amines) is 2. The molecule has 6 nitrogen and oxygen atoms in total. The van der Waals surface area contributed by atoms with Crippen LogP contribution in [0.2, 0.25) is 0 Å². The van der Waals surface area contributed by atoms with E-state index in [1.165, 1.54) is 5.56 Å². The summed E-state index contributed by atoms with van der Waals surface area (Å²) in [5.74, 6) is 0.285. The molecular formula is C23H32N4O2. The van der Waals surface area contributed by atoms with Gasteiger partial charge >= 0.3 is 0 Å². The summed E-state index contributed by atoms with van der Waals surface area (Å²) in [4.78, 5) is 24.7. The molecule has 2 aromatic heterocycles. The topological polar surface area (TPSA) is 61.5 Å². The van der Waals surface area contributed by atoms with Crippen LogP contribution in [-0.4, -0.2) is 65.1 Å². The Morgan fingerprint density at radius 1 is 1.31 bits per heavy atom. The number of rotatable bonds is 7. The minimum atomic E-state index is 0.285. The van der Waals surface area contributed by atoms with Crippen molar-refractivity contribution in [3.63, 3.8) is 0 Å². The fourth-order valence-corrected chi connectivity index (χ4v) is 5.04. The van der Waals surface area contributed by atoms with Crippen LogP contribution >= 0.6 is 0 Å². The van der Waals surface area contributed by atoms with Crippen molar-refractivity contribution in [3.05, 3.63) is 54.1 Å². The molecular weight excluding hydrogens is 364 g/mol. The molecule has 2 aromatic rings. The van der Waals surface area contributed by atoms with Crippen molar-refractivity contribution < 1.29 is 9.53 Å². The minimum absolute atomic E-state index is 0.285.